The van der Waals surface area contributed by atoms with E-state index >= 15 is 0 Å². The molecule has 1 aliphatic heterocycles. The van der Waals surface area contributed by atoms with Crippen LogP contribution >= 0.6 is 11.6 Å². The van der Waals surface area contributed by atoms with E-state index in [2.05, 4.69) is 22.4 Å². The topological polar surface area (TPSA) is 43.4 Å². The highest BCUT2D eigenvalue weighted by Crippen LogP contribution is 2.33. The van der Waals surface area contributed by atoms with E-state index in [1.807, 2.05) is 24.3 Å². The van der Waals surface area contributed by atoms with Crippen LogP contribution in [0, 0.1) is 0 Å². The fourth-order valence-electron chi connectivity index (χ4n) is 3.00. The second-order valence-corrected chi connectivity index (χ2v) is 6.18. The third-order valence-corrected chi connectivity index (χ3v) is 4.63. The fourth-order valence-corrected chi connectivity index (χ4v) is 3.12. The molecule has 1 fully saturated rings. The molecule has 4 nitrogen and oxygen atoms in total. The van der Waals surface area contributed by atoms with Gasteiger partial charge in [-0.25, -0.2) is 0 Å². The smallest absolute Gasteiger partial charge is 0.122 e. The molecule has 2 aromatic rings. The van der Waals surface area contributed by atoms with Crippen molar-refractivity contribution in [2.24, 2.45) is 0 Å². The third kappa shape index (κ3) is 3.83. The van der Waals surface area contributed by atoms with E-state index < -0.39 is 0 Å². The van der Waals surface area contributed by atoms with Crippen LogP contribution in [0.5, 0.6) is 5.75 Å². The predicted molar refractivity (Wildman–Crippen MR) is 90.8 cm³/mol. The summed E-state index contributed by atoms with van der Waals surface area (Å²) in [6, 6.07) is 11.9. The maximum absolute atomic E-state index is 6.03. The maximum Gasteiger partial charge on any atom is 0.122 e. The Balaban J connectivity index is 1.80. The number of ether oxygens (including phenoxy) is 2. The molecule has 1 aromatic carbocycles. The molecule has 0 bridgehead atoms. The highest BCUT2D eigenvalue weighted by molar-refractivity contribution is 6.30. The molecule has 0 saturated carbocycles. The van der Waals surface area contributed by atoms with Crippen LogP contribution in [0.1, 0.15) is 24.1 Å². The zero-order chi connectivity index (χ0) is 16.1. The minimum Gasteiger partial charge on any atom is -0.497 e. The second-order valence-electron chi connectivity index (χ2n) is 5.74. The fraction of sp³-hybridized carbons (Fsp3) is 0.389. The zero-order valence-electron chi connectivity index (χ0n) is 13.2. The highest BCUT2D eigenvalue weighted by atomic mass is 35.5. The number of methoxy groups -OCH3 is 1. The van der Waals surface area contributed by atoms with Crippen LogP contribution in [0.4, 0.5) is 0 Å². The van der Waals surface area contributed by atoms with Gasteiger partial charge in [0.2, 0.25) is 0 Å². The largest absolute Gasteiger partial charge is 0.497 e. The third-order valence-electron chi connectivity index (χ3n) is 4.37. The molecule has 5 heteroatoms. The zero-order valence-corrected chi connectivity index (χ0v) is 14.0. The van der Waals surface area contributed by atoms with E-state index in [0.29, 0.717) is 6.54 Å². The van der Waals surface area contributed by atoms with Crippen LogP contribution < -0.4 is 10.1 Å². The van der Waals surface area contributed by atoms with Gasteiger partial charge in [0.15, 0.2) is 0 Å². The molecule has 122 valence electrons. The molecule has 1 aromatic heterocycles. The van der Waals surface area contributed by atoms with Gasteiger partial charge < -0.3 is 14.8 Å². The molecule has 0 aliphatic carbocycles. The normalized spacial score (nSPS) is 17.0. The van der Waals surface area contributed by atoms with E-state index in [1.54, 1.807) is 13.3 Å². The lowest BCUT2D eigenvalue weighted by molar-refractivity contribution is 0.0356. The van der Waals surface area contributed by atoms with E-state index in [1.165, 1.54) is 5.56 Å². The van der Waals surface area contributed by atoms with Crippen molar-refractivity contribution < 1.29 is 9.47 Å². The maximum atomic E-state index is 6.03. The highest BCUT2D eigenvalue weighted by Gasteiger charge is 2.33. The Hall–Kier alpha value is -1.62. The van der Waals surface area contributed by atoms with Crippen molar-refractivity contribution in [1.29, 1.82) is 0 Å². The number of nitrogens with zero attached hydrogens (tertiary/aromatic N) is 1. The van der Waals surface area contributed by atoms with Gasteiger partial charge >= 0.3 is 0 Å². The summed E-state index contributed by atoms with van der Waals surface area (Å²) in [6.07, 6.45) is 3.63. The molecular formula is C18H21ClN2O2. The Labute approximate surface area is 141 Å². The Morgan fingerprint density at radius 1 is 1.22 bits per heavy atom. The van der Waals surface area contributed by atoms with Gasteiger partial charge in [0.1, 0.15) is 5.75 Å². The van der Waals surface area contributed by atoms with Crippen molar-refractivity contribution in [3.63, 3.8) is 0 Å². The molecule has 1 aliphatic rings. The lowest BCUT2D eigenvalue weighted by Crippen LogP contribution is -2.46. The SMILES string of the molecule is COc1ccnc(CNC2(c3ccc(Cl)cc3)CCOCC2)c1. The van der Waals surface area contributed by atoms with Crippen LogP contribution in [0.2, 0.25) is 5.02 Å². The standard InChI is InChI=1S/C18H21ClN2O2/c1-22-17-6-9-20-16(12-17)13-21-18(7-10-23-11-8-18)14-2-4-15(19)5-3-14/h2-6,9,12,21H,7-8,10-11,13H2,1H3. The molecule has 2 heterocycles. The van der Waals surface area contributed by atoms with Gasteiger partial charge in [-0.15, -0.1) is 0 Å². The van der Waals surface area contributed by atoms with E-state index in [-0.39, 0.29) is 5.54 Å². The molecule has 0 amide bonds. The van der Waals surface area contributed by atoms with Gasteiger partial charge in [-0.05, 0) is 36.6 Å². The number of pyridine rings is 1. The van der Waals surface area contributed by atoms with Crippen LogP contribution in [-0.2, 0) is 16.8 Å². The number of benzene rings is 1. The number of aromatic nitrogens is 1. The van der Waals surface area contributed by atoms with E-state index in [9.17, 15) is 0 Å². The first kappa shape index (κ1) is 16.2. The van der Waals surface area contributed by atoms with Gasteiger partial charge in [0, 0.05) is 42.6 Å². The molecule has 1 N–H and O–H groups in total. The number of halogens is 1. The van der Waals surface area contributed by atoms with Crippen LogP contribution in [0.3, 0.4) is 0 Å². The van der Waals surface area contributed by atoms with Gasteiger partial charge in [-0.2, -0.15) is 0 Å². The van der Waals surface area contributed by atoms with Crippen molar-refractivity contribution in [2.45, 2.75) is 24.9 Å². The minimum absolute atomic E-state index is 0.104. The van der Waals surface area contributed by atoms with Crippen LogP contribution in [-0.4, -0.2) is 25.3 Å². The lowest BCUT2D eigenvalue weighted by atomic mass is 9.82. The summed E-state index contributed by atoms with van der Waals surface area (Å²) in [5.41, 5.74) is 2.10. The van der Waals surface area contributed by atoms with Gasteiger partial charge in [-0.1, -0.05) is 23.7 Å². The van der Waals surface area contributed by atoms with Gasteiger partial charge in [0.05, 0.1) is 12.8 Å². The summed E-state index contributed by atoms with van der Waals surface area (Å²) in [7, 11) is 1.67. The average molecular weight is 333 g/mol. The minimum atomic E-state index is -0.104. The summed E-state index contributed by atoms with van der Waals surface area (Å²) < 4.78 is 10.8. The van der Waals surface area contributed by atoms with Crippen molar-refractivity contribution in [1.82, 2.24) is 10.3 Å². The first-order valence-corrected chi connectivity index (χ1v) is 8.17. The number of hydrogen-bond donors (Lipinski definition) is 1. The Kier molecular flexibility index (Phi) is 5.16. The quantitative estimate of drug-likeness (QED) is 0.909. The molecular weight excluding hydrogens is 312 g/mol. The summed E-state index contributed by atoms with van der Waals surface area (Å²) in [5.74, 6) is 0.823. The first-order chi connectivity index (χ1) is 11.2. The number of rotatable bonds is 5. The van der Waals surface area contributed by atoms with Crippen molar-refractivity contribution in [3.8, 4) is 5.75 Å². The number of hydrogen-bond acceptors (Lipinski definition) is 4. The van der Waals surface area contributed by atoms with Gasteiger partial charge in [-0.3, -0.25) is 4.98 Å². The van der Waals surface area contributed by atoms with Crippen molar-refractivity contribution >= 4 is 11.6 Å². The van der Waals surface area contributed by atoms with Crippen molar-refractivity contribution in [2.75, 3.05) is 20.3 Å². The summed E-state index contributed by atoms with van der Waals surface area (Å²) >= 11 is 6.03. The molecule has 0 radical (unpaired) electrons. The first-order valence-electron chi connectivity index (χ1n) is 7.80. The molecule has 3 rings (SSSR count). The van der Waals surface area contributed by atoms with Crippen LogP contribution in [0.25, 0.3) is 0 Å². The Morgan fingerprint density at radius 3 is 2.65 bits per heavy atom. The Bertz CT molecular complexity index is 640. The van der Waals surface area contributed by atoms with Crippen molar-refractivity contribution in [3.05, 3.63) is 58.9 Å². The molecule has 0 unspecified atom stereocenters. The summed E-state index contributed by atoms with van der Waals surface area (Å²) in [5, 5.41) is 4.45. The molecule has 0 spiro atoms. The second kappa shape index (κ2) is 7.30. The van der Waals surface area contributed by atoms with Crippen LogP contribution in [0.15, 0.2) is 42.6 Å². The summed E-state index contributed by atoms with van der Waals surface area (Å²) in [4.78, 5) is 4.42. The van der Waals surface area contributed by atoms with Gasteiger partial charge in [0.25, 0.3) is 0 Å². The Morgan fingerprint density at radius 2 is 1.96 bits per heavy atom. The number of nitrogens with one attached hydrogen (secondary N) is 1. The molecule has 1 saturated heterocycles. The molecule has 0 atom stereocenters. The summed E-state index contributed by atoms with van der Waals surface area (Å²) in [6.45, 7) is 2.18. The van der Waals surface area contributed by atoms with E-state index in [0.717, 1.165) is 42.5 Å². The van der Waals surface area contributed by atoms with E-state index in [4.69, 9.17) is 21.1 Å². The monoisotopic (exact) mass is 332 g/mol. The molecule has 23 heavy (non-hydrogen) atoms. The lowest BCUT2D eigenvalue weighted by Gasteiger charge is -2.39. The average Bonchev–Trinajstić information content (AvgIpc) is 2.61. The predicted octanol–water partition coefficient (Wildman–Crippen LogP) is 3.54.